The minimum absolute atomic E-state index is 0. The second-order valence-electron chi connectivity index (χ2n) is 6.01. The van der Waals surface area contributed by atoms with Gasteiger partial charge in [0.05, 0.1) is 6.10 Å². The number of halogens is 1. The Balaban J connectivity index is 0.00000529. The molecule has 1 aromatic heterocycles. The fraction of sp³-hybridized carbons (Fsp3) is 0.667. The lowest BCUT2D eigenvalue weighted by atomic mass is 10.0. The number of nitrogens with one attached hydrogen (secondary N) is 2. The molecule has 2 N–H and O–H groups in total. The maximum absolute atomic E-state index is 5.76. The molecule has 0 spiro atoms. The van der Waals surface area contributed by atoms with Gasteiger partial charge in [0.2, 0.25) is 0 Å². The third-order valence-electron chi connectivity index (χ3n) is 3.75. The molecule has 0 aromatic carbocycles. The first-order valence-corrected chi connectivity index (χ1v) is 8.54. The lowest BCUT2D eigenvalue weighted by molar-refractivity contribution is 0.0258. The molecule has 0 radical (unpaired) electrons. The third kappa shape index (κ3) is 9.42. The zero-order chi connectivity index (χ0) is 17.1. The number of hydrogen-bond acceptors (Lipinski definition) is 3. The molecule has 0 aliphatic carbocycles. The highest BCUT2D eigenvalue weighted by Crippen LogP contribution is 2.09. The van der Waals surface area contributed by atoms with E-state index >= 15 is 0 Å². The molecule has 0 saturated carbocycles. The number of guanidine groups is 1. The van der Waals surface area contributed by atoms with Crippen molar-refractivity contribution in [3.05, 3.63) is 29.6 Å². The van der Waals surface area contributed by atoms with E-state index in [1.165, 1.54) is 5.56 Å². The smallest absolute Gasteiger partial charge is 0.190 e. The van der Waals surface area contributed by atoms with Crippen LogP contribution in [0.4, 0.5) is 0 Å². The summed E-state index contributed by atoms with van der Waals surface area (Å²) in [5.41, 5.74) is 2.28. The Hall–Kier alpha value is -0.890. The number of nitrogens with zero attached hydrogens (tertiary/aromatic N) is 2. The topological polar surface area (TPSA) is 58.5 Å². The molecule has 1 aromatic rings. The number of aliphatic imine (C=N–C) groups is 1. The van der Waals surface area contributed by atoms with Crippen molar-refractivity contribution in [1.29, 1.82) is 0 Å². The van der Waals surface area contributed by atoms with Gasteiger partial charge in [0, 0.05) is 38.6 Å². The van der Waals surface area contributed by atoms with Crippen molar-refractivity contribution in [1.82, 2.24) is 15.6 Å². The van der Waals surface area contributed by atoms with Crippen LogP contribution in [0.25, 0.3) is 0 Å². The summed E-state index contributed by atoms with van der Waals surface area (Å²) in [5, 5.41) is 6.69. The summed E-state index contributed by atoms with van der Waals surface area (Å²) in [4.78, 5) is 8.57. The lowest BCUT2D eigenvalue weighted by Gasteiger charge is -2.21. The summed E-state index contributed by atoms with van der Waals surface area (Å²) in [6.45, 7) is 10.9. The molecule has 1 unspecified atom stereocenters. The van der Waals surface area contributed by atoms with E-state index in [0.29, 0.717) is 12.0 Å². The summed E-state index contributed by atoms with van der Waals surface area (Å²) >= 11 is 0. The normalized spacial score (nSPS) is 12.7. The predicted molar refractivity (Wildman–Crippen MR) is 112 cm³/mol. The zero-order valence-electron chi connectivity index (χ0n) is 15.6. The Morgan fingerprint density at radius 1 is 1.25 bits per heavy atom. The summed E-state index contributed by atoms with van der Waals surface area (Å²) in [6, 6.07) is 4.16. The van der Waals surface area contributed by atoms with Gasteiger partial charge in [-0.3, -0.25) is 9.98 Å². The number of hydrogen-bond donors (Lipinski definition) is 2. The molecule has 0 saturated heterocycles. The lowest BCUT2D eigenvalue weighted by Crippen LogP contribution is -2.40. The van der Waals surface area contributed by atoms with E-state index < -0.39 is 0 Å². The first kappa shape index (κ1) is 23.1. The second-order valence-corrected chi connectivity index (χ2v) is 6.01. The van der Waals surface area contributed by atoms with Crippen LogP contribution in [0.1, 0.15) is 38.4 Å². The fourth-order valence-corrected chi connectivity index (χ4v) is 2.35. The zero-order valence-corrected chi connectivity index (χ0v) is 18.0. The molecule has 1 atom stereocenters. The molecule has 0 aliphatic rings. The van der Waals surface area contributed by atoms with Crippen LogP contribution in [-0.4, -0.2) is 43.8 Å². The summed E-state index contributed by atoms with van der Waals surface area (Å²) < 4.78 is 5.76. The number of pyridine rings is 1. The molecule has 0 fully saturated rings. The average molecular weight is 448 g/mol. The standard InChI is InChI=1S/C18H32N4O.HI/c1-6-23-17(14(2)3)10-12-21-18(19-5)20-11-9-16-8-7-15(4)22-13-16;/h7-8,13-14,17H,6,9-12H2,1-5H3,(H2,19,20,21);1H. The van der Waals surface area contributed by atoms with Crippen molar-refractivity contribution >= 4 is 29.9 Å². The van der Waals surface area contributed by atoms with E-state index in [1.807, 2.05) is 26.1 Å². The van der Waals surface area contributed by atoms with Gasteiger partial charge in [0.25, 0.3) is 0 Å². The van der Waals surface area contributed by atoms with E-state index in [1.54, 1.807) is 7.05 Å². The summed E-state index contributed by atoms with van der Waals surface area (Å²) in [7, 11) is 1.80. The first-order valence-electron chi connectivity index (χ1n) is 8.54. The largest absolute Gasteiger partial charge is 0.378 e. The second kappa shape index (κ2) is 13.4. The number of aromatic nitrogens is 1. The van der Waals surface area contributed by atoms with E-state index in [-0.39, 0.29) is 24.0 Å². The quantitative estimate of drug-likeness (QED) is 0.346. The molecule has 0 aliphatic heterocycles. The van der Waals surface area contributed by atoms with Crippen molar-refractivity contribution in [3.63, 3.8) is 0 Å². The monoisotopic (exact) mass is 448 g/mol. The molecular weight excluding hydrogens is 415 g/mol. The molecule has 0 amide bonds. The number of rotatable bonds is 9. The Bertz CT molecular complexity index is 463. The van der Waals surface area contributed by atoms with Crippen molar-refractivity contribution < 1.29 is 4.74 Å². The highest BCUT2D eigenvalue weighted by Gasteiger charge is 2.12. The highest BCUT2D eigenvalue weighted by atomic mass is 127. The van der Waals surface area contributed by atoms with Gasteiger partial charge >= 0.3 is 0 Å². The van der Waals surface area contributed by atoms with E-state index in [9.17, 15) is 0 Å². The minimum Gasteiger partial charge on any atom is -0.378 e. The Morgan fingerprint density at radius 2 is 1.96 bits per heavy atom. The third-order valence-corrected chi connectivity index (χ3v) is 3.75. The Kier molecular flexibility index (Phi) is 12.9. The van der Waals surface area contributed by atoms with Crippen molar-refractivity contribution in [2.75, 3.05) is 26.7 Å². The number of ether oxygens (including phenoxy) is 1. The van der Waals surface area contributed by atoms with Gasteiger partial charge in [0.1, 0.15) is 0 Å². The number of aryl methyl sites for hydroxylation is 1. The van der Waals surface area contributed by atoms with Crippen molar-refractivity contribution in [3.8, 4) is 0 Å². The van der Waals surface area contributed by atoms with E-state index in [0.717, 1.165) is 44.2 Å². The Morgan fingerprint density at radius 3 is 2.50 bits per heavy atom. The van der Waals surface area contributed by atoms with Crippen LogP contribution in [0.2, 0.25) is 0 Å². The molecule has 1 heterocycles. The maximum Gasteiger partial charge on any atom is 0.190 e. The molecule has 1 rings (SSSR count). The van der Waals surface area contributed by atoms with Gasteiger partial charge in [-0.1, -0.05) is 19.9 Å². The van der Waals surface area contributed by atoms with Crippen LogP contribution in [0, 0.1) is 12.8 Å². The van der Waals surface area contributed by atoms with Crippen LogP contribution in [-0.2, 0) is 11.2 Å². The van der Waals surface area contributed by atoms with E-state index in [4.69, 9.17) is 4.74 Å². The maximum atomic E-state index is 5.76. The summed E-state index contributed by atoms with van der Waals surface area (Å²) in [6.07, 6.45) is 4.14. The molecular formula is C18H33IN4O. The molecule has 24 heavy (non-hydrogen) atoms. The van der Waals surface area contributed by atoms with E-state index in [2.05, 4.69) is 40.5 Å². The fourth-order valence-electron chi connectivity index (χ4n) is 2.35. The average Bonchev–Trinajstić information content (AvgIpc) is 2.54. The predicted octanol–water partition coefficient (Wildman–Crippen LogP) is 3.17. The Labute approximate surface area is 164 Å². The van der Waals surface area contributed by atoms with Crippen molar-refractivity contribution in [2.45, 2.75) is 46.6 Å². The summed E-state index contributed by atoms with van der Waals surface area (Å²) in [5.74, 6) is 1.37. The first-order chi connectivity index (χ1) is 11.1. The molecule has 6 heteroatoms. The van der Waals surface area contributed by atoms with Crippen molar-refractivity contribution in [2.24, 2.45) is 10.9 Å². The van der Waals surface area contributed by atoms with Crippen LogP contribution in [0.15, 0.2) is 23.3 Å². The van der Waals surface area contributed by atoms with Crippen LogP contribution < -0.4 is 10.6 Å². The van der Waals surface area contributed by atoms with Crippen LogP contribution in [0.5, 0.6) is 0 Å². The minimum atomic E-state index is 0. The van der Waals surface area contributed by atoms with Gasteiger partial charge in [0.15, 0.2) is 5.96 Å². The SMILES string of the molecule is CCOC(CCNC(=NC)NCCc1ccc(C)nc1)C(C)C.I. The van der Waals surface area contributed by atoms with Gasteiger partial charge in [-0.15, -0.1) is 24.0 Å². The van der Waals surface area contributed by atoms with Crippen LogP contribution >= 0.6 is 24.0 Å². The van der Waals surface area contributed by atoms with Gasteiger partial charge < -0.3 is 15.4 Å². The molecule has 138 valence electrons. The van der Waals surface area contributed by atoms with Crippen LogP contribution in [0.3, 0.4) is 0 Å². The van der Waals surface area contributed by atoms with Gasteiger partial charge in [-0.2, -0.15) is 0 Å². The van der Waals surface area contributed by atoms with Gasteiger partial charge in [-0.05, 0) is 44.2 Å². The molecule has 5 nitrogen and oxygen atoms in total. The molecule has 0 bridgehead atoms. The highest BCUT2D eigenvalue weighted by molar-refractivity contribution is 14.0. The van der Waals surface area contributed by atoms with Gasteiger partial charge in [-0.25, -0.2) is 0 Å².